The minimum atomic E-state index is -0.152. The van der Waals surface area contributed by atoms with Crippen molar-refractivity contribution in [2.45, 2.75) is 25.9 Å². The summed E-state index contributed by atoms with van der Waals surface area (Å²) in [6, 6.07) is 15.7. The molecule has 1 aliphatic rings. The minimum Gasteiger partial charge on any atom is -0.344 e. The van der Waals surface area contributed by atoms with E-state index >= 15 is 0 Å². The molecule has 0 radical (unpaired) electrons. The number of hydrogen-bond acceptors (Lipinski definition) is 1. The Morgan fingerprint density at radius 2 is 1.95 bits per heavy atom. The second-order valence-electron chi connectivity index (χ2n) is 5.90. The van der Waals surface area contributed by atoms with Crippen LogP contribution in [-0.4, -0.2) is 11.1 Å². The molecule has 0 amide bonds. The van der Waals surface area contributed by atoms with Crippen molar-refractivity contribution in [2.75, 3.05) is 6.54 Å². The summed E-state index contributed by atoms with van der Waals surface area (Å²) in [7, 11) is 0. The van der Waals surface area contributed by atoms with Gasteiger partial charge in [0.25, 0.3) is 0 Å². The van der Waals surface area contributed by atoms with Crippen LogP contribution in [-0.2, 0) is 25.9 Å². The van der Waals surface area contributed by atoms with E-state index in [2.05, 4.69) is 34.1 Å². The van der Waals surface area contributed by atoms with E-state index in [0.717, 1.165) is 43.4 Å². The Morgan fingerprint density at radius 1 is 1.09 bits per heavy atom. The van der Waals surface area contributed by atoms with E-state index in [0.29, 0.717) is 0 Å². The molecule has 1 N–H and O–H groups in total. The Bertz CT molecular complexity index is 805. The van der Waals surface area contributed by atoms with E-state index in [1.807, 2.05) is 12.1 Å². The van der Waals surface area contributed by atoms with Gasteiger partial charge in [0.15, 0.2) is 0 Å². The van der Waals surface area contributed by atoms with Crippen molar-refractivity contribution >= 4 is 10.9 Å². The average Bonchev–Trinajstić information content (AvgIpc) is 2.87. The fraction of sp³-hybridized carbons (Fsp3) is 0.263. The Balaban J connectivity index is 1.76. The van der Waals surface area contributed by atoms with E-state index < -0.39 is 0 Å². The number of nitrogens with zero attached hydrogens (tertiary/aromatic N) is 1. The Hall–Kier alpha value is -2.13. The summed E-state index contributed by atoms with van der Waals surface area (Å²) in [4.78, 5) is 0. The van der Waals surface area contributed by atoms with Crippen molar-refractivity contribution in [3.8, 4) is 0 Å². The highest BCUT2D eigenvalue weighted by molar-refractivity contribution is 5.86. The molecule has 0 atom stereocenters. The zero-order chi connectivity index (χ0) is 14.9. The molecule has 2 aromatic carbocycles. The molecule has 22 heavy (non-hydrogen) atoms. The molecule has 3 heteroatoms. The van der Waals surface area contributed by atoms with Crippen LogP contribution >= 0.6 is 0 Å². The van der Waals surface area contributed by atoms with Crippen LogP contribution in [0.4, 0.5) is 4.39 Å². The van der Waals surface area contributed by atoms with Gasteiger partial charge in [-0.3, -0.25) is 0 Å². The van der Waals surface area contributed by atoms with Gasteiger partial charge in [-0.2, -0.15) is 0 Å². The molecule has 0 saturated carbocycles. The molecule has 0 unspecified atom stereocenters. The van der Waals surface area contributed by atoms with Gasteiger partial charge >= 0.3 is 0 Å². The third kappa shape index (κ3) is 2.32. The Labute approximate surface area is 129 Å². The smallest absolute Gasteiger partial charge is 0.123 e. The van der Waals surface area contributed by atoms with Gasteiger partial charge < -0.3 is 9.88 Å². The van der Waals surface area contributed by atoms with Crippen molar-refractivity contribution in [1.82, 2.24) is 9.88 Å². The summed E-state index contributed by atoms with van der Waals surface area (Å²) in [6.07, 6.45) is 2.02. The monoisotopic (exact) mass is 294 g/mol. The molecule has 0 saturated heterocycles. The van der Waals surface area contributed by atoms with Crippen molar-refractivity contribution in [1.29, 1.82) is 0 Å². The van der Waals surface area contributed by atoms with E-state index in [1.165, 1.54) is 16.8 Å². The highest BCUT2D eigenvalue weighted by Gasteiger charge is 2.19. The number of fused-ring (bicyclic) bond motifs is 3. The first kappa shape index (κ1) is 13.5. The maximum Gasteiger partial charge on any atom is 0.123 e. The van der Waals surface area contributed by atoms with Crippen LogP contribution in [0.1, 0.15) is 16.8 Å². The average molecular weight is 294 g/mol. The molecule has 112 valence electrons. The van der Waals surface area contributed by atoms with Gasteiger partial charge in [0, 0.05) is 42.7 Å². The first-order valence-electron chi connectivity index (χ1n) is 7.87. The van der Waals surface area contributed by atoms with Crippen LogP contribution < -0.4 is 5.32 Å². The third-order valence-electron chi connectivity index (χ3n) is 4.56. The van der Waals surface area contributed by atoms with Gasteiger partial charge in [-0.25, -0.2) is 4.39 Å². The minimum absolute atomic E-state index is 0.152. The maximum atomic E-state index is 13.6. The first-order chi connectivity index (χ1) is 10.8. The first-order valence-corrected chi connectivity index (χ1v) is 7.87. The number of rotatable bonds is 3. The molecule has 0 spiro atoms. The normalized spacial score (nSPS) is 14.2. The molecule has 3 aromatic rings. The van der Waals surface area contributed by atoms with Crippen LogP contribution in [0, 0.1) is 5.82 Å². The summed E-state index contributed by atoms with van der Waals surface area (Å²) in [5.74, 6) is -0.152. The Morgan fingerprint density at radius 3 is 2.82 bits per heavy atom. The lowest BCUT2D eigenvalue weighted by Gasteiger charge is -2.17. The van der Waals surface area contributed by atoms with Gasteiger partial charge in [-0.15, -0.1) is 0 Å². The zero-order valence-electron chi connectivity index (χ0n) is 12.5. The fourth-order valence-corrected chi connectivity index (χ4v) is 3.49. The van der Waals surface area contributed by atoms with Crippen molar-refractivity contribution < 1.29 is 4.39 Å². The molecule has 4 rings (SSSR count). The third-order valence-corrected chi connectivity index (χ3v) is 4.56. The molecule has 2 heterocycles. The van der Waals surface area contributed by atoms with Crippen LogP contribution in [0.15, 0.2) is 48.5 Å². The second-order valence-corrected chi connectivity index (χ2v) is 5.90. The molecule has 0 fully saturated rings. The molecule has 1 aromatic heterocycles. The largest absolute Gasteiger partial charge is 0.344 e. The van der Waals surface area contributed by atoms with Gasteiger partial charge in [-0.05, 0) is 35.7 Å². The molecular formula is C19H19FN2. The topological polar surface area (TPSA) is 17.0 Å². The fourth-order valence-electron chi connectivity index (χ4n) is 3.49. The lowest BCUT2D eigenvalue weighted by atomic mass is 10.1. The molecule has 2 nitrogen and oxygen atoms in total. The highest BCUT2D eigenvalue weighted by Crippen LogP contribution is 2.29. The van der Waals surface area contributed by atoms with Crippen LogP contribution in [0.5, 0.6) is 0 Å². The summed E-state index contributed by atoms with van der Waals surface area (Å²) < 4.78 is 16.0. The quantitative estimate of drug-likeness (QED) is 0.780. The van der Waals surface area contributed by atoms with Crippen LogP contribution in [0.2, 0.25) is 0 Å². The predicted molar refractivity (Wildman–Crippen MR) is 87.5 cm³/mol. The van der Waals surface area contributed by atoms with E-state index in [1.54, 1.807) is 12.1 Å². The molecule has 1 aliphatic heterocycles. The number of hydrogen-bond donors (Lipinski definition) is 1. The Kier molecular flexibility index (Phi) is 3.43. The second kappa shape index (κ2) is 5.58. The predicted octanol–water partition coefficient (Wildman–Crippen LogP) is 3.67. The number of aromatic nitrogens is 1. The van der Waals surface area contributed by atoms with Gasteiger partial charge in [-0.1, -0.05) is 30.3 Å². The van der Waals surface area contributed by atoms with E-state index in [4.69, 9.17) is 0 Å². The number of halogens is 1. The summed E-state index contributed by atoms with van der Waals surface area (Å²) in [5.41, 5.74) is 5.14. The molecule has 0 bridgehead atoms. The van der Waals surface area contributed by atoms with Crippen molar-refractivity contribution in [2.24, 2.45) is 0 Å². The number of benzene rings is 2. The number of nitrogens with one attached hydrogen (secondary N) is 1. The SMILES string of the molecule is Fc1ccc2c(c1)c1c(n2CCc2ccccc2)CCNC1. The highest BCUT2D eigenvalue weighted by atomic mass is 19.1. The van der Waals surface area contributed by atoms with Crippen molar-refractivity contribution in [3.63, 3.8) is 0 Å². The maximum absolute atomic E-state index is 13.6. The lowest BCUT2D eigenvalue weighted by molar-refractivity contribution is 0.594. The van der Waals surface area contributed by atoms with Gasteiger partial charge in [0.1, 0.15) is 5.82 Å². The zero-order valence-corrected chi connectivity index (χ0v) is 12.5. The van der Waals surface area contributed by atoms with Crippen molar-refractivity contribution in [3.05, 3.63) is 71.2 Å². The van der Waals surface area contributed by atoms with E-state index in [-0.39, 0.29) is 5.82 Å². The van der Waals surface area contributed by atoms with Gasteiger partial charge in [0.05, 0.1) is 0 Å². The van der Waals surface area contributed by atoms with Crippen LogP contribution in [0.25, 0.3) is 10.9 Å². The summed E-state index contributed by atoms with van der Waals surface area (Å²) in [6.45, 7) is 2.78. The standard InChI is InChI=1S/C19H19FN2/c20-15-6-7-18-16(12-15)17-13-21-10-8-19(17)22(18)11-9-14-4-2-1-3-5-14/h1-7,12,21H,8-11,13H2. The number of aryl methyl sites for hydroxylation is 2. The van der Waals surface area contributed by atoms with Gasteiger partial charge in [0.2, 0.25) is 0 Å². The summed E-state index contributed by atoms with van der Waals surface area (Å²) in [5, 5.41) is 4.47. The summed E-state index contributed by atoms with van der Waals surface area (Å²) >= 11 is 0. The van der Waals surface area contributed by atoms with E-state index in [9.17, 15) is 4.39 Å². The van der Waals surface area contributed by atoms with Crippen LogP contribution in [0.3, 0.4) is 0 Å². The lowest BCUT2D eigenvalue weighted by Crippen LogP contribution is -2.24. The molecule has 0 aliphatic carbocycles. The molecular weight excluding hydrogens is 275 g/mol.